The van der Waals surface area contributed by atoms with Crippen molar-refractivity contribution >= 4 is 22.9 Å². The van der Waals surface area contributed by atoms with Crippen molar-refractivity contribution in [2.45, 2.75) is 26.6 Å². The number of nitrogens with one attached hydrogen (secondary N) is 1. The van der Waals surface area contributed by atoms with E-state index < -0.39 is 11.7 Å². The van der Waals surface area contributed by atoms with Crippen LogP contribution >= 0.6 is 11.3 Å². The third-order valence-electron chi connectivity index (χ3n) is 3.32. The van der Waals surface area contributed by atoms with Gasteiger partial charge in [0.1, 0.15) is 4.88 Å². The summed E-state index contributed by atoms with van der Waals surface area (Å²) in [5, 5.41) is 11.0. The van der Waals surface area contributed by atoms with Gasteiger partial charge in [-0.3, -0.25) is 9.20 Å². The highest BCUT2D eigenvalue weighted by atomic mass is 32.1. The Morgan fingerprint density at radius 3 is 2.67 bits per heavy atom. The molecule has 0 aliphatic carbocycles. The number of pyridine rings is 1. The average molecular weight is 355 g/mol. The molecule has 0 aliphatic heterocycles. The van der Waals surface area contributed by atoms with Gasteiger partial charge in [0.05, 0.1) is 22.8 Å². The fourth-order valence-electron chi connectivity index (χ4n) is 2.21. The van der Waals surface area contributed by atoms with Crippen LogP contribution in [0, 0.1) is 13.8 Å². The summed E-state index contributed by atoms with van der Waals surface area (Å²) in [5.74, 6) is -0.134. The molecule has 24 heavy (non-hydrogen) atoms. The summed E-state index contributed by atoms with van der Waals surface area (Å²) in [6.45, 7) is 3.47. The van der Waals surface area contributed by atoms with Crippen LogP contribution in [0.15, 0.2) is 18.3 Å². The average Bonchev–Trinajstić information content (AvgIpc) is 3.06. The predicted molar refractivity (Wildman–Crippen MR) is 80.7 cm³/mol. The van der Waals surface area contributed by atoms with E-state index in [9.17, 15) is 18.0 Å². The number of carbonyl (C=O) groups excluding carboxylic acids is 1. The molecule has 10 heteroatoms. The van der Waals surface area contributed by atoms with Gasteiger partial charge in [-0.2, -0.15) is 13.2 Å². The summed E-state index contributed by atoms with van der Waals surface area (Å²) >= 11 is 1.25. The highest BCUT2D eigenvalue weighted by Gasteiger charge is 2.31. The number of aromatic nitrogens is 4. The first kappa shape index (κ1) is 16.4. The fraction of sp³-hybridized carbons (Fsp3) is 0.286. The van der Waals surface area contributed by atoms with E-state index in [1.54, 1.807) is 13.8 Å². The Bertz CT molecular complexity index is 915. The van der Waals surface area contributed by atoms with Crippen LogP contribution in [0.4, 0.5) is 13.2 Å². The smallest absolute Gasteiger partial charge is 0.344 e. The van der Waals surface area contributed by atoms with Gasteiger partial charge in [-0.1, -0.05) is 0 Å². The third kappa shape index (κ3) is 3.09. The molecule has 0 aliphatic rings. The molecule has 1 N–H and O–H groups in total. The van der Waals surface area contributed by atoms with Gasteiger partial charge in [0.25, 0.3) is 5.91 Å². The van der Waals surface area contributed by atoms with Gasteiger partial charge >= 0.3 is 6.18 Å². The lowest BCUT2D eigenvalue weighted by Gasteiger charge is -2.08. The SMILES string of the molecule is Cc1nc(C)c(C(=O)NCc2nnc3ccc(C(F)(F)F)cn23)s1. The molecular weight excluding hydrogens is 343 g/mol. The topological polar surface area (TPSA) is 72.2 Å². The Hall–Kier alpha value is -2.49. The molecule has 0 saturated heterocycles. The van der Waals surface area contributed by atoms with E-state index in [2.05, 4.69) is 20.5 Å². The van der Waals surface area contributed by atoms with Gasteiger partial charge in [0, 0.05) is 6.20 Å². The second kappa shape index (κ2) is 5.86. The molecule has 3 rings (SSSR count). The first-order chi connectivity index (χ1) is 11.3. The van der Waals surface area contributed by atoms with Crippen LogP contribution in [0.5, 0.6) is 0 Å². The zero-order valence-corrected chi connectivity index (χ0v) is 13.5. The molecule has 0 bridgehead atoms. The maximum Gasteiger partial charge on any atom is 0.417 e. The third-order valence-corrected chi connectivity index (χ3v) is 4.39. The Morgan fingerprint density at radius 2 is 2.04 bits per heavy atom. The Morgan fingerprint density at radius 1 is 1.29 bits per heavy atom. The molecule has 0 aromatic carbocycles. The van der Waals surface area contributed by atoms with Crippen LogP contribution in [0.25, 0.3) is 5.65 Å². The zero-order valence-electron chi connectivity index (χ0n) is 12.7. The van der Waals surface area contributed by atoms with Gasteiger partial charge in [0.15, 0.2) is 11.5 Å². The summed E-state index contributed by atoms with van der Waals surface area (Å²) in [5.41, 5.74) is 0.0776. The molecule has 1 amide bonds. The lowest BCUT2D eigenvalue weighted by atomic mass is 10.3. The van der Waals surface area contributed by atoms with Crippen LogP contribution in [-0.2, 0) is 12.7 Å². The number of carbonyl (C=O) groups is 1. The van der Waals surface area contributed by atoms with Gasteiger partial charge in [-0.05, 0) is 26.0 Å². The largest absolute Gasteiger partial charge is 0.417 e. The van der Waals surface area contributed by atoms with E-state index in [1.807, 2.05) is 0 Å². The molecule has 6 nitrogen and oxygen atoms in total. The number of fused-ring (bicyclic) bond motifs is 1. The Labute approximate surface area is 138 Å². The quantitative estimate of drug-likeness (QED) is 0.784. The van der Waals surface area contributed by atoms with Gasteiger partial charge in [0.2, 0.25) is 0 Å². The second-order valence-corrected chi connectivity index (χ2v) is 6.29. The van der Waals surface area contributed by atoms with Crippen LogP contribution in [0.3, 0.4) is 0 Å². The van der Waals surface area contributed by atoms with Gasteiger partial charge in [-0.15, -0.1) is 21.5 Å². The van der Waals surface area contributed by atoms with E-state index in [-0.39, 0.29) is 23.9 Å². The van der Waals surface area contributed by atoms with Crippen molar-refractivity contribution in [3.05, 3.63) is 45.3 Å². The number of thiazole rings is 1. The first-order valence-electron chi connectivity index (χ1n) is 6.89. The van der Waals surface area contributed by atoms with E-state index in [0.717, 1.165) is 17.3 Å². The Balaban J connectivity index is 1.82. The standard InChI is InChI=1S/C14H12F3N5OS/c1-7-12(24-8(2)19-7)13(23)18-5-11-21-20-10-4-3-9(6-22(10)11)14(15,16)17/h3-4,6H,5H2,1-2H3,(H,18,23). The zero-order chi connectivity index (χ0) is 17.5. The highest BCUT2D eigenvalue weighted by Crippen LogP contribution is 2.29. The van der Waals surface area contributed by atoms with Gasteiger partial charge < -0.3 is 5.32 Å². The lowest BCUT2D eigenvalue weighted by molar-refractivity contribution is -0.137. The number of hydrogen-bond donors (Lipinski definition) is 1. The van der Waals surface area contributed by atoms with Crippen LogP contribution in [-0.4, -0.2) is 25.5 Å². The number of alkyl halides is 3. The summed E-state index contributed by atoms with van der Waals surface area (Å²) in [4.78, 5) is 16.8. The molecule has 0 spiro atoms. The molecule has 0 saturated carbocycles. The van der Waals surface area contributed by atoms with E-state index in [1.165, 1.54) is 21.8 Å². The summed E-state index contributed by atoms with van der Waals surface area (Å²) in [6.07, 6.45) is -3.55. The predicted octanol–water partition coefficient (Wildman–Crippen LogP) is 2.75. The molecule has 0 fully saturated rings. The van der Waals surface area contributed by atoms with Crippen LogP contribution in [0.2, 0.25) is 0 Å². The number of hydrogen-bond acceptors (Lipinski definition) is 5. The summed E-state index contributed by atoms with van der Waals surface area (Å²) in [6, 6.07) is 2.17. The minimum Gasteiger partial charge on any atom is -0.344 e. The van der Waals surface area contributed by atoms with Crippen molar-refractivity contribution in [3.63, 3.8) is 0 Å². The number of aryl methyl sites for hydroxylation is 2. The molecule has 3 heterocycles. The molecular formula is C14H12F3N5OS. The number of halogens is 3. The van der Waals surface area contributed by atoms with E-state index in [0.29, 0.717) is 10.6 Å². The molecule has 3 aromatic heterocycles. The lowest BCUT2D eigenvalue weighted by Crippen LogP contribution is -2.24. The van der Waals surface area contributed by atoms with Crippen molar-refractivity contribution in [1.29, 1.82) is 0 Å². The first-order valence-corrected chi connectivity index (χ1v) is 7.70. The minimum absolute atomic E-state index is 0.0440. The molecule has 126 valence electrons. The van der Waals surface area contributed by atoms with E-state index in [4.69, 9.17) is 0 Å². The molecule has 0 atom stereocenters. The van der Waals surface area contributed by atoms with E-state index >= 15 is 0 Å². The van der Waals surface area contributed by atoms with Crippen molar-refractivity contribution in [2.24, 2.45) is 0 Å². The Kier molecular flexibility index (Phi) is 3.99. The highest BCUT2D eigenvalue weighted by molar-refractivity contribution is 7.13. The molecule has 0 unspecified atom stereocenters. The van der Waals surface area contributed by atoms with Gasteiger partial charge in [-0.25, -0.2) is 4.98 Å². The fourth-order valence-corrected chi connectivity index (χ4v) is 3.04. The maximum absolute atomic E-state index is 12.8. The van der Waals surface area contributed by atoms with Crippen LogP contribution < -0.4 is 5.32 Å². The monoisotopic (exact) mass is 355 g/mol. The van der Waals surface area contributed by atoms with Crippen molar-refractivity contribution in [3.8, 4) is 0 Å². The van der Waals surface area contributed by atoms with Crippen molar-refractivity contribution in [2.75, 3.05) is 0 Å². The number of nitrogens with zero attached hydrogens (tertiary/aromatic N) is 4. The van der Waals surface area contributed by atoms with Crippen molar-refractivity contribution < 1.29 is 18.0 Å². The summed E-state index contributed by atoms with van der Waals surface area (Å²) in [7, 11) is 0. The van der Waals surface area contributed by atoms with Crippen LogP contribution in [0.1, 0.15) is 31.8 Å². The summed E-state index contributed by atoms with van der Waals surface area (Å²) < 4.78 is 39.6. The second-order valence-electron chi connectivity index (χ2n) is 5.09. The molecule has 3 aromatic rings. The van der Waals surface area contributed by atoms with Crippen molar-refractivity contribution in [1.82, 2.24) is 24.9 Å². The maximum atomic E-state index is 12.8. The normalized spacial score (nSPS) is 11.9. The number of amides is 1. The minimum atomic E-state index is -4.46. The molecule has 0 radical (unpaired) electrons. The number of rotatable bonds is 3.